The lowest BCUT2D eigenvalue weighted by Gasteiger charge is -2.34. The number of nitrogens with one attached hydrogen (secondary N) is 1. The summed E-state index contributed by atoms with van der Waals surface area (Å²) in [7, 11) is -1.10. The van der Waals surface area contributed by atoms with Crippen LogP contribution in [0, 0.1) is 0 Å². The van der Waals surface area contributed by atoms with Gasteiger partial charge in [0.1, 0.15) is 12.5 Å². The average molecular weight is 575 g/mol. The molecule has 5 rings (SSSR count). The molecule has 1 aromatic carbocycles. The van der Waals surface area contributed by atoms with Crippen molar-refractivity contribution in [3.63, 3.8) is 0 Å². The van der Waals surface area contributed by atoms with Crippen LogP contribution >= 0.6 is 23.2 Å². The molecule has 2 saturated heterocycles. The molecule has 1 N–H and O–H groups in total. The lowest BCUT2D eigenvalue weighted by Crippen LogP contribution is -2.48. The summed E-state index contributed by atoms with van der Waals surface area (Å²) in [6, 6.07) is 8.64. The molecule has 0 radical (unpaired) electrons. The van der Waals surface area contributed by atoms with Gasteiger partial charge in [-0.1, -0.05) is 48.9 Å². The van der Waals surface area contributed by atoms with Gasteiger partial charge in [0.05, 0.1) is 27.5 Å². The zero-order chi connectivity index (χ0) is 26.9. The van der Waals surface area contributed by atoms with Crippen molar-refractivity contribution in [3.8, 4) is 0 Å². The summed E-state index contributed by atoms with van der Waals surface area (Å²) >= 11 is 12.4. The van der Waals surface area contributed by atoms with E-state index in [4.69, 9.17) is 32.9 Å². The Balaban J connectivity index is 1.14. The Hall–Kier alpha value is -2.50. The number of fused-ring (bicyclic) bond motifs is 2. The van der Waals surface area contributed by atoms with Crippen molar-refractivity contribution in [2.45, 2.75) is 57.5 Å². The number of halogens is 2. The predicted octanol–water partition coefficient (Wildman–Crippen LogP) is 5.13. The van der Waals surface area contributed by atoms with Crippen molar-refractivity contribution in [1.82, 2.24) is 29.5 Å². The number of ether oxygens (including phenoxy) is 1. The van der Waals surface area contributed by atoms with Crippen molar-refractivity contribution in [2.75, 3.05) is 25.0 Å². The first-order chi connectivity index (χ1) is 18.2. The second-order valence-electron chi connectivity index (χ2n) is 11.1. The van der Waals surface area contributed by atoms with Crippen molar-refractivity contribution < 1.29 is 9.53 Å². The summed E-state index contributed by atoms with van der Waals surface area (Å²) < 4.78 is 7.54. The van der Waals surface area contributed by atoms with Crippen LogP contribution in [0.15, 0.2) is 42.9 Å². The molecule has 2 bridgehead atoms. The van der Waals surface area contributed by atoms with E-state index in [0.29, 0.717) is 47.1 Å². The quantitative estimate of drug-likeness (QED) is 0.265. The Morgan fingerprint density at radius 3 is 2.74 bits per heavy atom. The Morgan fingerprint density at radius 1 is 1.13 bits per heavy atom. The minimum atomic E-state index is -1.10. The summed E-state index contributed by atoms with van der Waals surface area (Å²) in [5.74, 6) is 1.28. The van der Waals surface area contributed by atoms with Crippen LogP contribution in [0.1, 0.15) is 22.5 Å². The SMILES string of the molecule is C[Si](C)(C)CCOCn1ccc(Nc2cncc(CN3C[C@H]4C[C@@H]3CN4C(=O)c3cccc(Cl)c3Cl)n2)n1. The third kappa shape index (κ3) is 6.37. The van der Waals surface area contributed by atoms with E-state index < -0.39 is 8.07 Å². The zero-order valence-corrected chi connectivity index (χ0v) is 24.4. The van der Waals surface area contributed by atoms with Gasteiger partial charge in [-0.05, 0) is 24.6 Å². The molecule has 1 amide bonds. The highest BCUT2D eigenvalue weighted by molar-refractivity contribution is 6.76. The number of amides is 1. The molecule has 2 aliphatic rings. The number of nitrogens with zero attached hydrogens (tertiary/aromatic N) is 6. The number of carbonyl (C=O) groups excluding carboxylic acids is 1. The number of carbonyl (C=O) groups is 1. The maximum Gasteiger partial charge on any atom is 0.255 e. The van der Waals surface area contributed by atoms with Crippen molar-refractivity contribution >= 4 is 48.8 Å². The predicted molar refractivity (Wildman–Crippen MR) is 152 cm³/mol. The Labute approximate surface area is 234 Å². The molecular weight excluding hydrogens is 541 g/mol. The molecule has 202 valence electrons. The molecule has 2 aromatic heterocycles. The fourth-order valence-corrected chi connectivity index (χ4v) is 6.07. The molecule has 3 aromatic rings. The number of aromatic nitrogens is 4. The molecule has 38 heavy (non-hydrogen) atoms. The molecule has 4 heterocycles. The smallest absolute Gasteiger partial charge is 0.255 e. The van der Waals surface area contributed by atoms with Crippen molar-refractivity contribution in [3.05, 3.63) is 64.2 Å². The highest BCUT2D eigenvalue weighted by Crippen LogP contribution is 2.35. The Morgan fingerprint density at radius 2 is 1.97 bits per heavy atom. The second kappa shape index (κ2) is 11.3. The standard InChI is InChI=1S/C26H33Cl2N7O2Si/c1-38(2,3)10-9-37-17-34-8-7-23(32-34)31-24-13-29-12-18(30-24)14-33-15-20-11-19(33)16-35(20)26(36)21-5-4-6-22(27)25(21)28/h4-8,12-13,19-20H,9-11,14-17H2,1-3H3,(H,30,31,32)/t19-,20-/m1/s1. The lowest BCUT2D eigenvalue weighted by molar-refractivity contribution is 0.0614. The first-order valence-electron chi connectivity index (χ1n) is 12.8. The first kappa shape index (κ1) is 27.1. The van der Waals surface area contributed by atoms with Crippen LogP contribution in [0.2, 0.25) is 35.7 Å². The average Bonchev–Trinajstić information content (AvgIpc) is 3.59. The van der Waals surface area contributed by atoms with Crippen molar-refractivity contribution in [2.24, 2.45) is 0 Å². The van der Waals surface area contributed by atoms with Gasteiger partial charge in [-0.25, -0.2) is 9.67 Å². The van der Waals surface area contributed by atoms with Gasteiger partial charge in [-0.2, -0.15) is 5.10 Å². The van der Waals surface area contributed by atoms with E-state index in [0.717, 1.165) is 31.3 Å². The number of piperazine rings is 1. The number of likely N-dealkylation sites (tertiary alicyclic amines) is 2. The van der Waals surface area contributed by atoms with E-state index in [9.17, 15) is 4.79 Å². The maximum atomic E-state index is 13.1. The number of anilines is 2. The first-order valence-corrected chi connectivity index (χ1v) is 17.3. The zero-order valence-electron chi connectivity index (χ0n) is 21.9. The van der Waals surface area contributed by atoms with Crippen LogP contribution < -0.4 is 5.32 Å². The monoisotopic (exact) mass is 573 g/mol. The molecule has 0 aliphatic carbocycles. The topological polar surface area (TPSA) is 88.4 Å². The summed E-state index contributed by atoms with van der Waals surface area (Å²) in [6.45, 7) is 10.3. The fourth-order valence-electron chi connectivity index (χ4n) is 4.93. The van der Waals surface area contributed by atoms with E-state index in [-0.39, 0.29) is 18.0 Å². The minimum Gasteiger partial charge on any atom is -0.360 e. The summed E-state index contributed by atoms with van der Waals surface area (Å²) in [5.41, 5.74) is 1.33. The third-order valence-corrected chi connectivity index (χ3v) is 9.49. The molecule has 0 saturated carbocycles. The molecular formula is C26H33Cl2N7O2Si. The molecule has 0 unspecified atom stereocenters. The summed E-state index contributed by atoms with van der Waals surface area (Å²) in [5, 5.41) is 8.48. The van der Waals surface area contributed by atoms with Gasteiger partial charge in [0.2, 0.25) is 0 Å². The number of hydrogen-bond acceptors (Lipinski definition) is 7. The van der Waals surface area contributed by atoms with E-state index in [1.54, 1.807) is 35.3 Å². The third-order valence-electron chi connectivity index (χ3n) is 6.96. The minimum absolute atomic E-state index is 0.0588. The Bertz CT molecular complexity index is 1300. The molecule has 0 spiro atoms. The normalized spacial score (nSPS) is 19.3. The summed E-state index contributed by atoms with van der Waals surface area (Å²) in [4.78, 5) is 26.5. The fraction of sp³-hybridized carbons (Fsp3) is 0.462. The van der Waals surface area contributed by atoms with Gasteiger partial charge in [-0.15, -0.1) is 0 Å². The van der Waals surface area contributed by atoms with Crippen molar-refractivity contribution in [1.29, 1.82) is 0 Å². The lowest BCUT2D eigenvalue weighted by atomic mass is 10.1. The van der Waals surface area contributed by atoms with Crippen LogP contribution in [0.25, 0.3) is 0 Å². The van der Waals surface area contributed by atoms with Crippen LogP contribution in [-0.4, -0.2) is 75.3 Å². The molecule has 2 fully saturated rings. The van der Waals surface area contributed by atoms with Gasteiger partial charge >= 0.3 is 0 Å². The van der Waals surface area contributed by atoms with E-state index in [1.165, 1.54) is 0 Å². The largest absolute Gasteiger partial charge is 0.360 e. The van der Waals surface area contributed by atoms with Gasteiger partial charge in [0, 0.05) is 64.9 Å². The second-order valence-corrected chi connectivity index (χ2v) is 17.5. The highest BCUT2D eigenvalue weighted by atomic mass is 35.5. The number of rotatable bonds is 10. The highest BCUT2D eigenvalue weighted by Gasteiger charge is 2.45. The summed E-state index contributed by atoms with van der Waals surface area (Å²) in [6.07, 6.45) is 6.31. The molecule has 2 aliphatic heterocycles. The Kier molecular flexibility index (Phi) is 8.06. The number of benzene rings is 1. The van der Waals surface area contributed by atoms with Crippen LogP contribution in [0.4, 0.5) is 11.6 Å². The van der Waals surface area contributed by atoms with Gasteiger partial charge in [0.15, 0.2) is 5.82 Å². The van der Waals surface area contributed by atoms with Crippen LogP contribution in [-0.2, 0) is 18.0 Å². The number of hydrogen-bond donors (Lipinski definition) is 1. The molecule has 2 atom stereocenters. The van der Waals surface area contributed by atoms with Gasteiger partial charge in [-0.3, -0.25) is 14.7 Å². The molecule has 12 heteroatoms. The van der Waals surface area contributed by atoms with Gasteiger partial charge in [0.25, 0.3) is 5.91 Å². The van der Waals surface area contributed by atoms with E-state index in [2.05, 4.69) is 39.9 Å². The van der Waals surface area contributed by atoms with E-state index in [1.807, 2.05) is 17.2 Å². The van der Waals surface area contributed by atoms with E-state index >= 15 is 0 Å². The van der Waals surface area contributed by atoms with Crippen LogP contribution in [0.5, 0.6) is 0 Å². The molecule has 9 nitrogen and oxygen atoms in total. The van der Waals surface area contributed by atoms with Gasteiger partial charge < -0.3 is 15.0 Å². The maximum absolute atomic E-state index is 13.1. The van der Waals surface area contributed by atoms with Crippen LogP contribution in [0.3, 0.4) is 0 Å².